The van der Waals surface area contributed by atoms with Crippen LogP contribution in [0.5, 0.6) is 0 Å². The van der Waals surface area contributed by atoms with Crippen molar-refractivity contribution in [1.82, 2.24) is 9.88 Å². The molecule has 9 heteroatoms. The normalized spacial score (nSPS) is 30.1. The molecule has 6 nitrogen and oxygen atoms in total. The van der Waals surface area contributed by atoms with E-state index in [1.54, 1.807) is 18.2 Å². The van der Waals surface area contributed by atoms with Crippen LogP contribution in [0.1, 0.15) is 36.3 Å². The third-order valence-corrected chi connectivity index (χ3v) is 7.41. The molecule has 0 radical (unpaired) electrons. The van der Waals surface area contributed by atoms with E-state index >= 15 is 4.39 Å². The average Bonchev–Trinajstić information content (AvgIpc) is 3.46. The van der Waals surface area contributed by atoms with Gasteiger partial charge in [-0.15, -0.1) is 0 Å². The standard InChI is InChI=1S/C22H23Cl2FN4O2/c23-12-3-4-14-15(9-12)28-21(31)22(14)17(13-5-7-27-20(24)18(13)25)19(26)16(6-8-30)29(22)10-11-1-2-11/h3-5,7,9,11,16-17,19,30H,1-2,6,8,10,26H2,(H,28,31)/t16-,17-,19+,22+/m0/s1. The zero-order valence-electron chi connectivity index (χ0n) is 16.7. The molecule has 0 bridgehead atoms. The lowest BCUT2D eigenvalue weighted by Crippen LogP contribution is -2.52. The molecule has 164 valence electrons. The summed E-state index contributed by atoms with van der Waals surface area (Å²) in [6.07, 6.45) is 3.95. The number of carbonyl (C=O) groups excluding carboxylic acids is 1. The number of carbonyl (C=O) groups is 1. The van der Waals surface area contributed by atoms with Gasteiger partial charge in [0.2, 0.25) is 5.91 Å². The van der Waals surface area contributed by atoms with E-state index in [2.05, 4.69) is 15.2 Å². The van der Waals surface area contributed by atoms with E-state index in [1.165, 1.54) is 6.20 Å². The van der Waals surface area contributed by atoms with Crippen LogP contribution in [0.4, 0.5) is 10.1 Å². The lowest BCUT2D eigenvalue weighted by Gasteiger charge is -2.39. The summed E-state index contributed by atoms with van der Waals surface area (Å²) < 4.78 is 15.3. The number of halogens is 3. The molecule has 4 atom stereocenters. The Morgan fingerprint density at radius 1 is 1.32 bits per heavy atom. The van der Waals surface area contributed by atoms with Crippen LogP contribution in [-0.2, 0) is 10.3 Å². The molecule has 4 N–H and O–H groups in total. The first-order chi connectivity index (χ1) is 14.9. The molecule has 3 aliphatic rings. The number of likely N-dealkylation sites (tertiary alicyclic amines) is 1. The number of hydrogen-bond donors (Lipinski definition) is 3. The molecule has 1 aromatic carbocycles. The van der Waals surface area contributed by atoms with Gasteiger partial charge in [0.1, 0.15) is 5.54 Å². The number of rotatable bonds is 5. The molecule has 1 saturated carbocycles. The highest BCUT2D eigenvalue weighted by molar-refractivity contribution is 6.31. The van der Waals surface area contributed by atoms with E-state index in [-0.39, 0.29) is 29.3 Å². The quantitative estimate of drug-likeness (QED) is 0.590. The molecule has 3 heterocycles. The smallest absolute Gasteiger partial charge is 0.250 e. The van der Waals surface area contributed by atoms with E-state index in [0.717, 1.165) is 18.4 Å². The number of benzene rings is 1. The Morgan fingerprint density at radius 3 is 2.81 bits per heavy atom. The first kappa shape index (κ1) is 21.1. The number of hydrogen-bond acceptors (Lipinski definition) is 5. The minimum atomic E-state index is -1.23. The largest absolute Gasteiger partial charge is 0.396 e. The van der Waals surface area contributed by atoms with Crippen molar-refractivity contribution in [1.29, 1.82) is 0 Å². The van der Waals surface area contributed by atoms with Gasteiger partial charge in [-0.2, -0.15) is 0 Å². The number of nitrogens with one attached hydrogen (secondary N) is 1. The van der Waals surface area contributed by atoms with Crippen LogP contribution in [0, 0.1) is 11.7 Å². The number of amides is 1. The lowest BCUT2D eigenvalue weighted by atomic mass is 9.74. The molecule has 1 saturated heterocycles. The summed E-state index contributed by atoms with van der Waals surface area (Å²) in [6.45, 7) is 0.557. The van der Waals surface area contributed by atoms with E-state index in [4.69, 9.17) is 28.9 Å². The molecule has 1 amide bonds. The van der Waals surface area contributed by atoms with Crippen molar-refractivity contribution < 1.29 is 14.3 Å². The zero-order chi connectivity index (χ0) is 21.9. The van der Waals surface area contributed by atoms with Gasteiger partial charge in [-0.25, -0.2) is 9.37 Å². The zero-order valence-corrected chi connectivity index (χ0v) is 18.2. The number of nitrogens with two attached hydrogens (primary N) is 1. The van der Waals surface area contributed by atoms with E-state index < -0.39 is 23.3 Å². The van der Waals surface area contributed by atoms with Crippen LogP contribution in [0.15, 0.2) is 30.5 Å². The predicted octanol–water partition coefficient (Wildman–Crippen LogP) is 3.26. The first-order valence-electron chi connectivity index (χ1n) is 10.4. The van der Waals surface area contributed by atoms with Gasteiger partial charge < -0.3 is 16.2 Å². The molecule has 1 aromatic heterocycles. The minimum Gasteiger partial charge on any atom is -0.396 e. The molecule has 2 aromatic rings. The lowest BCUT2D eigenvalue weighted by molar-refractivity contribution is -0.128. The second-order valence-corrected chi connectivity index (χ2v) is 9.44. The second-order valence-electron chi connectivity index (χ2n) is 8.65. The van der Waals surface area contributed by atoms with E-state index in [1.807, 2.05) is 6.07 Å². The van der Waals surface area contributed by atoms with Gasteiger partial charge in [0.05, 0.1) is 0 Å². The van der Waals surface area contributed by atoms with E-state index in [9.17, 15) is 9.90 Å². The van der Waals surface area contributed by atoms with Crippen LogP contribution in [0.3, 0.4) is 0 Å². The SMILES string of the molecule is N[C@@H]1[C@H](CCO)N(CC2CC2)[C@@]2(C(=O)Nc3cc(Cl)ccc32)[C@H]1c1ccnc(Cl)c1F. The fourth-order valence-corrected chi connectivity index (χ4v) is 5.82. The van der Waals surface area contributed by atoms with Crippen LogP contribution in [0.2, 0.25) is 10.2 Å². The molecule has 31 heavy (non-hydrogen) atoms. The molecular weight excluding hydrogens is 442 g/mol. The van der Waals surface area contributed by atoms with Crippen LogP contribution >= 0.6 is 23.2 Å². The third-order valence-electron chi connectivity index (χ3n) is 6.91. The number of anilines is 1. The molecule has 1 spiro atoms. The molecule has 2 fully saturated rings. The van der Waals surface area contributed by atoms with Gasteiger partial charge in [-0.05, 0) is 48.9 Å². The van der Waals surface area contributed by atoms with Crippen molar-refractivity contribution >= 4 is 34.8 Å². The number of aromatic nitrogens is 1. The summed E-state index contributed by atoms with van der Waals surface area (Å²) in [7, 11) is 0. The van der Waals surface area contributed by atoms with Gasteiger partial charge in [0.15, 0.2) is 11.0 Å². The topological polar surface area (TPSA) is 91.5 Å². The summed E-state index contributed by atoms with van der Waals surface area (Å²) in [5.41, 5.74) is 7.11. The highest BCUT2D eigenvalue weighted by atomic mass is 35.5. The predicted molar refractivity (Wildman–Crippen MR) is 117 cm³/mol. The Hall–Kier alpha value is -1.77. The van der Waals surface area contributed by atoms with Gasteiger partial charge in [0.25, 0.3) is 0 Å². The highest BCUT2D eigenvalue weighted by Gasteiger charge is 2.66. The fourth-order valence-electron chi connectivity index (χ4n) is 5.48. The van der Waals surface area contributed by atoms with Gasteiger partial charge in [-0.1, -0.05) is 29.3 Å². The Balaban J connectivity index is 1.78. The summed E-state index contributed by atoms with van der Waals surface area (Å²) in [4.78, 5) is 19.7. The summed E-state index contributed by atoms with van der Waals surface area (Å²) in [6, 6.07) is 5.88. The monoisotopic (exact) mass is 464 g/mol. The second kappa shape index (κ2) is 7.67. The van der Waals surface area contributed by atoms with Crippen molar-refractivity contribution in [2.45, 2.75) is 42.8 Å². The Labute approximate surface area is 189 Å². The summed E-state index contributed by atoms with van der Waals surface area (Å²) in [5.74, 6) is -1.21. The van der Waals surface area contributed by atoms with Crippen LogP contribution in [-0.4, -0.2) is 46.1 Å². The minimum absolute atomic E-state index is 0.0863. The number of aliphatic hydroxyl groups is 1. The number of fused-ring (bicyclic) bond motifs is 2. The van der Waals surface area contributed by atoms with Crippen molar-refractivity contribution in [3.8, 4) is 0 Å². The average molecular weight is 465 g/mol. The molecule has 2 aliphatic heterocycles. The molecule has 5 rings (SSSR count). The Bertz CT molecular complexity index is 1050. The maximum atomic E-state index is 15.3. The van der Waals surface area contributed by atoms with Gasteiger partial charge in [-0.3, -0.25) is 9.69 Å². The number of pyridine rings is 1. The number of nitrogens with zero attached hydrogens (tertiary/aromatic N) is 2. The number of aliphatic hydroxyl groups excluding tert-OH is 1. The summed E-state index contributed by atoms with van der Waals surface area (Å²) in [5, 5.41) is 13.0. The van der Waals surface area contributed by atoms with Gasteiger partial charge >= 0.3 is 0 Å². The van der Waals surface area contributed by atoms with Crippen molar-refractivity contribution in [2.75, 3.05) is 18.5 Å². The third kappa shape index (κ3) is 3.09. The summed E-state index contributed by atoms with van der Waals surface area (Å²) >= 11 is 12.2. The maximum absolute atomic E-state index is 15.3. The Morgan fingerprint density at radius 2 is 2.10 bits per heavy atom. The van der Waals surface area contributed by atoms with Crippen LogP contribution in [0.25, 0.3) is 0 Å². The fraction of sp³-hybridized carbons (Fsp3) is 0.455. The Kier molecular flexibility index (Phi) is 5.22. The van der Waals surface area contributed by atoms with Gasteiger partial charge in [0, 0.05) is 53.6 Å². The first-order valence-corrected chi connectivity index (χ1v) is 11.2. The van der Waals surface area contributed by atoms with Crippen molar-refractivity contribution in [2.24, 2.45) is 11.7 Å². The highest BCUT2D eigenvalue weighted by Crippen LogP contribution is 2.58. The molecular formula is C22H23Cl2FN4O2. The maximum Gasteiger partial charge on any atom is 0.250 e. The van der Waals surface area contributed by atoms with E-state index in [0.29, 0.717) is 29.6 Å². The van der Waals surface area contributed by atoms with Crippen LogP contribution < -0.4 is 11.1 Å². The van der Waals surface area contributed by atoms with Crippen molar-refractivity contribution in [3.05, 3.63) is 57.6 Å². The van der Waals surface area contributed by atoms with Crippen molar-refractivity contribution in [3.63, 3.8) is 0 Å². The molecule has 0 unspecified atom stereocenters. The molecule has 1 aliphatic carbocycles.